The van der Waals surface area contributed by atoms with Gasteiger partial charge >= 0.3 is 6.09 Å². The zero-order valence-electron chi connectivity index (χ0n) is 12.7. The number of nitrogens with one attached hydrogen (secondary N) is 1. The summed E-state index contributed by atoms with van der Waals surface area (Å²) in [5, 5.41) is 2.98. The van der Waals surface area contributed by atoms with E-state index in [9.17, 15) is 4.79 Å². The summed E-state index contributed by atoms with van der Waals surface area (Å²) in [4.78, 5) is 15.5. The largest absolute Gasteiger partial charge is 0.444 e. The van der Waals surface area contributed by atoms with Crippen LogP contribution < -0.4 is 5.32 Å². The van der Waals surface area contributed by atoms with Crippen molar-refractivity contribution in [1.29, 1.82) is 0 Å². The highest BCUT2D eigenvalue weighted by atomic mass is 16.6. The van der Waals surface area contributed by atoms with Crippen LogP contribution in [0.5, 0.6) is 0 Å². The van der Waals surface area contributed by atoms with Gasteiger partial charge in [0.25, 0.3) is 0 Å². The Kier molecular flexibility index (Phi) is 4.84. The monoisotopic (exact) mass is 266 g/mol. The Hall–Kier alpha value is -1.24. The van der Waals surface area contributed by atoms with E-state index in [2.05, 4.69) is 10.2 Å². The van der Waals surface area contributed by atoms with Crippen molar-refractivity contribution in [2.24, 2.45) is 5.92 Å². The third-order valence-corrected chi connectivity index (χ3v) is 3.72. The second-order valence-electron chi connectivity index (χ2n) is 6.98. The first-order valence-electron chi connectivity index (χ1n) is 7.02. The number of ether oxygens (including phenoxy) is 1. The molecule has 4 nitrogen and oxygen atoms in total. The first-order valence-corrected chi connectivity index (χ1v) is 7.02. The van der Waals surface area contributed by atoms with E-state index in [1.165, 1.54) is 0 Å². The van der Waals surface area contributed by atoms with E-state index in [1.807, 2.05) is 34.6 Å². The molecule has 0 aromatic rings. The molecule has 0 saturated heterocycles. The van der Waals surface area contributed by atoms with E-state index in [4.69, 9.17) is 11.3 Å². The fourth-order valence-electron chi connectivity index (χ4n) is 2.60. The molecule has 0 aromatic heterocycles. The highest BCUT2D eigenvalue weighted by molar-refractivity contribution is 5.68. The van der Waals surface area contributed by atoms with Gasteiger partial charge in [0.15, 0.2) is 0 Å². The van der Waals surface area contributed by atoms with Gasteiger partial charge in [-0.15, -0.1) is 0 Å². The van der Waals surface area contributed by atoms with E-state index in [0.717, 1.165) is 25.7 Å². The van der Waals surface area contributed by atoms with Gasteiger partial charge in [0.05, 0.1) is 0 Å². The van der Waals surface area contributed by atoms with Crippen molar-refractivity contribution in [3.8, 4) is 0 Å². The zero-order valence-corrected chi connectivity index (χ0v) is 12.7. The van der Waals surface area contributed by atoms with Gasteiger partial charge in [0.2, 0.25) is 6.04 Å². The predicted octanol–water partition coefficient (Wildman–Crippen LogP) is 3.77. The zero-order chi connectivity index (χ0) is 14.7. The number of carbonyl (C=O) groups is 1. The molecule has 0 radical (unpaired) electrons. The lowest BCUT2D eigenvalue weighted by Crippen LogP contribution is -2.51. The molecule has 1 N–H and O–H groups in total. The fraction of sp³-hybridized carbons (Fsp3) is 0.867. The van der Waals surface area contributed by atoms with Gasteiger partial charge in [-0.05, 0) is 53.4 Å². The van der Waals surface area contributed by atoms with Gasteiger partial charge < -0.3 is 14.9 Å². The average molecular weight is 266 g/mol. The standard InChI is InChI=1S/C15H26N2O2/c1-14(2,3)19-13(18)17-15(4,5)11-7-9-12(16-6)10-8-11/h11-12H,7-10H2,1-5H3,(H,17,18). The first-order chi connectivity index (χ1) is 8.64. The molecule has 0 bridgehead atoms. The first kappa shape index (κ1) is 15.8. The van der Waals surface area contributed by atoms with Crippen LogP contribution in [0.15, 0.2) is 0 Å². The number of hydrogen-bond donors (Lipinski definition) is 1. The molecular weight excluding hydrogens is 240 g/mol. The van der Waals surface area contributed by atoms with Gasteiger partial charge in [-0.2, -0.15) is 0 Å². The Morgan fingerprint density at radius 2 is 1.68 bits per heavy atom. The maximum absolute atomic E-state index is 11.9. The van der Waals surface area contributed by atoms with E-state index in [1.54, 1.807) is 0 Å². The molecule has 1 aliphatic rings. The van der Waals surface area contributed by atoms with Crippen molar-refractivity contribution in [1.82, 2.24) is 5.32 Å². The quantitative estimate of drug-likeness (QED) is 0.773. The van der Waals surface area contributed by atoms with Crippen molar-refractivity contribution in [3.05, 3.63) is 11.4 Å². The van der Waals surface area contributed by atoms with Crippen molar-refractivity contribution < 1.29 is 9.53 Å². The third kappa shape index (κ3) is 5.10. The minimum atomic E-state index is -0.470. The molecule has 0 atom stereocenters. The summed E-state index contributed by atoms with van der Waals surface area (Å²) >= 11 is 0. The summed E-state index contributed by atoms with van der Waals surface area (Å²) in [6.07, 6.45) is 3.51. The lowest BCUT2D eigenvalue weighted by atomic mass is 9.75. The molecule has 1 fully saturated rings. The molecule has 0 spiro atoms. The maximum atomic E-state index is 11.9. The Balaban J connectivity index is 2.52. The lowest BCUT2D eigenvalue weighted by molar-refractivity contribution is 0.0417. The summed E-state index contributed by atoms with van der Waals surface area (Å²) in [5.74, 6) is 0.415. The van der Waals surface area contributed by atoms with Gasteiger partial charge in [0.1, 0.15) is 5.60 Å². The smallest absolute Gasteiger partial charge is 0.408 e. The van der Waals surface area contributed by atoms with Crippen LogP contribution in [0, 0.1) is 12.5 Å². The molecule has 1 aliphatic carbocycles. The maximum Gasteiger partial charge on any atom is 0.408 e. The molecule has 0 unspecified atom stereocenters. The van der Waals surface area contributed by atoms with E-state index >= 15 is 0 Å². The molecule has 0 aliphatic heterocycles. The molecular formula is C15H26N2O2. The molecule has 4 heteroatoms. The van der Waals surface area contributed by atoms with Crippen LogP contribution in [0.1, 0.15) is 60.3 Å². The normalized spacial score (nSPS) is 24.4. The van der Waals surface area contributed by atoms with Gasteiger partial charge in [-0.25, -0.2) is 11.4 Å². The SMILES string of the molecule is [C-]#[N+]C1CCC(C(C)(C)NC(=O)OC(C)(C)C)CC1. The highest BCUT2D eigenvalue weighted by Crippen LogP contribution is 2.33. The summed E-state index contributed by atoms with van der Waals surface area (Å²) in [6.45, 7) is 16.7. The molecule has 0 heterocycles. The summed E-state index contributed by atoms with van der Waals surface area (Å²) in [6, 6.07) is 0.175. The van der Waals surface area contributed by atoms with Gasteiger partial charge in [-0.3, -0.25) is 0 Å². The third-order valence-electron chi connectivity index (χ3n) is 3.72. The molecule has 19 heavy (non-hydrogen) atoms. The summed E-state index contributed by atoms with van der Waals surface area (Å²) < 4.78 is 5.31. The minimum absolute atomic E-state index is 0.175. The summed E-state index contributed by atoms with van der Waals surface area (Å²) in [5.41, 5.74) is -0.753. The van der Waals surface area contributed by atoms with Crippen LogP contribution in [0.3, 0.4) is 0 Å². The van der Waals surface area contributed by atoms with Crippen LogP contribution in [0.4, 0.5) is 4.79 Å². The topological polar surface area (TPSA) is 42.7 Å². The highest BCUT2D eigenvalue weighted by Gasteiger charge is 2.36. The molecule has 1 amide bonds. The number of amides is 1. The average Bonchev–Trinajstić information content (AvgIpc) is 2.25. The van der Waals surface area contributed by atoms with Crippen molar-refractivity contribution in [2.45, 2.75) is 77.5 Å². The van der Waals surface area contributed by atoms with Crippen molar-refractivity contribution >= 4 is 6.09 Å². The van der Waals surface area contributed by atoms with Gasteiger partial charge in [0, 0.05) is 18.4 Å². The Morgan fingerprint density at radius 1 is 1.16 bits per heavy atom. The minimum Gasteiger partial charge on any atom is -0.444 e. The Morgan fingerprint density at radius 3 is 2.11 bits per heavy atom. The molecule has 1 rings (SSSR count). The predicted molar refractivity (Wildman–Crippen MR) is 75.8 cm³/mol. The molecule has 0 aromatic carbocycles. The van der Waals surface area contributed by atoms with Crippen molar-refractivity contribution in [3.63, 3.8) is 0 Å². The molecule has 1 saturated carbocycles. The van der Waals surface area contributed by atoms with E-state index in [0.29, 0.717) is 5.92 Å². The summed E-state index contributed by atoms with van der Waals surface area (Å²) in [7, 11) is 0. The lowest BCUT2D eigenvalue weighted by Gasteiger charge is -2.38. The number of alkyl carbamates (subject to hydrolysis) is 1. The van der Waals surface area contributed by atoms with Crippen LogP contribution >= 0.6 is 0 Å². The van der Waals surface area contributed by atoms with Crippen molar-refractivity contribution in [2.75, 3.05) is 0 Å². The fourth-order valence-corrected chi connectivity index (χ4v) is 2.60. The number of nitrogens with zero attached hydrogens (tertiary/aromatic N) is 1. The number of rotatable bonds is 2. The second-order valence-corrected chi connectivity index (χ2v) is 6.98. The van der Waals surface area contributed by atoms with Crippen LogP contribution in [0.25, 0.3) is 4.85 Å². The molecule has 108 valence electrons. The Bertz CT molecular complexity index is 355. The Labute approximate surface area is 116 Å². The number of carbonyl (C=O) groups excluding carboxylic acids is 1. The van der Waals surface area contributed by atoms with Gasteiger partial charge in [-0.1, -0.05) is 0 Å². The van der Waals surface area contributed by atoms with Crippen LogP contribution in [-0.4, -0.2) is 23.3 Å². The van der Waals surface area contributed by atoms with Crippen LogP contribution in [0.2, 0.25) is 0 Å². The van der Waals surface area contributed by atoms with Crippen LogP contribution in [-0.2, 0) is 4.74 Å². The second kappa shape index (κ2) is 5.81. The van der Waals surface area contributed by atoms with E-state index < -0.39 is 5.60 Å². The number of hydrogen-bond acceptors (Lipinski definition) is 2. The van der Waals surface area contributed by atoms with E-state index in [-0.39, 0.29) is 17.7 Å².